The Labute approximate surface area is 162 Å². The van der Waals surface area contributed by atoms with Crippen molar-refractivity contribution >= 4 is 5.97 Å². The molecule has 4 nitrogen and oxygen atoms in total. The van der Waals surface area contributed by atoms with E-state index in [9.17, 15) is 4.79 Å². The van der Waals surface area contributed by atoms with E-state index in [1.165, 1.54) is 0 Å². The van der Waals surface area contributed by atoms with Gasteiger partial charge in [-0.25, -0.2) is 0 Å². The van der Waals surface area contributed by atoms with Gasteiger partial charge in [0.15, 0.2) is 0 Å². The van der Waals surface area contributed by atoms with Crippen LogP contribution in [0.3, 0.4) is 0 Å². The molecular weight excluding hydrogens is 340 g/mol. The first-order chi connectivity index (χ1) is 13.2. The maximum Gasteiger partial charge on any atom is 0.303 e. The Morgan fingerprint density at radius 2 is 1.22 bits per heavy atom. The molecule has 0 saturated heterocycles. The quantitative estimate of drug-likeness (QED) is 0.443. The van der Waals surface area contributed by atoms with E-state index < -0.39 is 5.97 Å². The van der Waals surface area contributed by atoms with Gasteiger partial charge in [0.25, 0.3) is 0 Å². The highest BCUT2D eigenvalue weighted by Crippen LogP contribution is 2.25. The molecule has 0 unspecified atom stereocenters. The van der Waals surface area contributed by atoms with Gasteiger partial charge in [-0.1, -0.05) is 50.5 Å². The zero-order valence-electron chi connectivity index (χ0n) is 16.2. The summed E-state index contributed by atoms with van der Waals surface area (Å²) in [7, 11) is 0. The Hall–Kier alpha value is -2.49. The molecule has 0 aliphatic carbocycles. The first-order valence-electron chi connectivity index (χ1n) is 9.87. The average molecular weight is 370 g/mol. The van der Waals surface area contributed by atoms with Crippen LogP contribution in [-0.2, 0) is 4.79 Å². The molecule has 146 valence electrons. The van der Waals surface area contributed by atoms with Crippen molar-refractivity contribution in [3.8, 4) is 22.6 Å². The highest BCUT2D eigenvalue weighted by atomic mass is 16.5. The van der Waals surface area contributed by atoms with Crippen molar-refractivity contribution in [2.45, 2.75) is 51.9 Å². The number of aliphatic carboxylic acids is 1. The number of hydrogen-bond acceptors (Lipinski definition) is 3. The highest BCUT2D eigenvalue weighted by Gasteiger charge is 2.01. The van der Waals surface area contributed by atoms with Crippen molar-refractivity contribution in [2.75, 3.05) is 13.2 Å². The maximum absolute atomic E-state index is 10.4. The lowest BCUT2D eigenvalue weighted by atomic mass is 10.1. The Morgan fingerprint density at radius 1 is 0.741 bits per heavy atom. The van der Waals surface area contributed by atoms with Crippen molar-refractivity contribution in [1.82, 2.24) is 0 Å². The molecule has 0 fully saturated rings. The molecule has 0 heterocycles. The Balaban J connectivity index is 1.68. The molecule has 0 saturated carbocycles. The summed E-state index contributed by atoms with van der Waals surface area (Å²) in [6, 6.07) is 16.3. The van der Waals surface area contributed by atoms with Crippen molar-refractivity contribution in [3.63, 3.8) is 0 Å². The normalized spacial score (nSPS) is 10.6. The third-order valence-corrected chi connectivity index (χ3v) is 4.32. The minimum absolute atomic E-state index is 0.275. The topological polar surface area (TPSA) is 55.8 Å². The largest absolute Gasteiger partial charge is 0.494 e. The maximum atomic E-state index is 10.4. The van der Waals surface area contributed by atoms with Gasteiger partial charge in [-0.3, -0.25) is 4.79 Å². The molecule has 4 heteroatoms. The van der Waals surface area contributed by atoms with E-state index in [4.69, 9.17) is 14.6 Å². The first-order valence-corrected chi connectivity index (χ1v) is 9.87. The summed E-state index contributed by atoms with van der Waals surface area (Å²) >= 11 is 0. The lowest BCUT2D eigenvalue weighted by molar-refractivity contribution is -0.137. The summed E-state index contributed by atoms with van der Waals surface area (Å²) in [5.41, 5.74) is 2.31. The number of rotatable bonds is 13. The van der Waals surface area contributed by atoms with Crippen LogP contribution in [0.15, 0.2) is 48.5 Å². The minimum Gasteiger partial charge on any atom is -0.494 e. The molecular formula is C23H30O4. The fourth-order valence-electron chi connectivity index (χ4n) is 2.81. The number of carboxylic acid groups (broad SMARTS) is 1. The molecule has 0 aliphatic heterocycles. The molecule has 27 heavy (non-hydrogen) atoms. The number of unbranched alkanes of at least 4 members (excludes halogenated alkanes) is 4. The van der Waals surface area contributed by atoms with Crippen LogP contribution in [0.2, 0.25) is 0 Å². The molecule has 2 rings (SSSR count). The molecule has 0 aliphatic rings. The molecule has 2 aromatic carbocycles. The molecule has 0 atom stereocenters. The summed E-state index contributed by atoms with van der Waals surface area (Å²) in [4.78, 5) is 10.4. The van der Waals surface area contributed by atoms with Gasteiger partial charge < -0.3 is 14.6 Å². The van der Waals surface area contributed by atoms with Gasteiger partial charge in [0.1, 0.15) is 11.5 Å². The zero-order valence-corrected chi connectivity index (χ0v) is 16.2. The average Bonchev–Trinajstić information content (AvgIpc) is 2.69. The summed E-state index contributed by atoms with van der Waals surface area (Å²) in [5.74, 6) is 1.08. The number of hydrogen-bond donors (Lipinski definition) is 1. The SMILES string of the molecule is CCCOc1ccc(-c2ccc(OCCCCCCCC(=O)O)cc2)cc1. The van der Waals surface area contributed by atoms with Crippen LogP contribution < -0.4 is 9.47 Å². The van der Waals surface area contributed by atoms with Crippen LogP contribution in [0.5, 0.6) is 11.5 Å². The van der Waals surface area contributed by atoms with E-state index in [1.807, 2.05) is 24.3 Å². The van der Waals surface area contributed by atoms with Crippen LogP contribution in [0.25, 0.3) is 11.1 Å². The first kappa shape index (κ1) is 20.8. The smallest absolute Gasteiger partial charge is 0.303 e. The van der Waals surface area contributed by atoms with Crippen molar-refractivity contribution < 1.29 is 19.4 Å². The number of carboxylic acids is 1. The summed E-state index contributed by atoms with van der Waals surface area (Å²) in [6.45, 7) is 3.54. The van der Waals surface area contributed by atoms with E-state index in [-0.39, 0.29) is 6.42 Å². The standard InChI is InChI=1S/C23H30O4/c1-2-17-26-21-13-9-19(10-14-21)20-11-15-22(16-12-20)27-18-7-5-3-4-6-8-23(24)25/h9-16H,2-8,17-18H2,1H3,(H,24,25). The van der Waals surface area contributed by atoms with Gasteiger partial charge in [0.2, 0.25) is 0 Å². The second kappa shape index (κ2) is 12.0. The third-order valence-electron chi connectivity index (χ3n) is 4.32. The van der Waals surface area contributed by atoms with Crippen molar-refractivity contribution in [3.05, 3.63) is 48.5 Å². The van der Waals surface area contributed by atoms with E-state index >= 15 is 0 Å². The Kier molecular flexibility index (Phi) is 9.25. The predicted octanol–water partition coefficient (Wildman–Crippen LogP) is 5.95. The minimum atomic E-state index is -0.706. The van der Waals surface area contributed by atoms with Gasteiger partial charge in [0, 0.05) is 6.42 Å². The highest BCUT2D eigenvalue weighted by molar-refractivity contribution is 5.66. The van der Waals surface area contributed by atoms with E-state index in [2.05, 4.69) is 31.2 Å². The van der Waals surface area contributed by atoms with Gasteiger partial charge >= 0.3 is 5.97 Å². The van der Waals surface area contributed by atoms with Gasteiger partial charge in [-0.15, -0.1) is 0 Å². The van der Waals surface area contributed by atoms with E-state index in [0.717, 1.165) is 67.8 Å². The van der Waals surface area contributed by atoms with Crippen LogP contribution >= 0.6 is 0 Å². The molecule has 0 bridgehead atoms. The second-order valence-electron chi connectivity index (χ2n) is 6.66. The predicted molar refractivity (Wildman–Crippen MR) is 108 cm³/mol. The molecule has 0 amide bonds. The summed E-state index contributed by atoms with van der Waals surface area (Å²) in [6.07, 6.45) is 6.16. The van der Waals surface area contributed by atoms with E-state index in [0.29, 0.717) is 6.61 Å². The lowest BCUT2D eigenvalue weighted by Gasteiger charge is -2.09. The van der Waals surface area contributed by atoms with Crippen molar-refractivity contribution in [1.29, 1.82) is 0 Å². The molecule has 0 aromatic heterocycles. The summed E-state index contributed by atoms with van der Waals surface area (Å²) < 4.78 is 11.4. The van der Waals surface area contributed by atoms with Crippen LogP contribution in [0, 0.1) is 0 Å². The van der Waals surface area contributed by atoms with Gasteiger partial charge in [-0.2, -0.15) is 0 Å². The van der Waals surface area contributed by atoms with Gasteiger partial charge in [0.05, 0.1) is 13.2 Å². The number of benzene rings is 2. The van der Waals surface area contributed by atoms with Gasteiger partial charge in [-0.05, 0) is 54.7 Å². The molecule has 0 spiro atoms. The fraction of sp³-hybridized carbons (Fsp3) is 0.435. The second-order valence-corrected chi connectivity index (χ2v) is 6.66. The fourth-order valence-corrected chi connectivity index (χ4v) is 2.81. The molecule has 2 aromatic rings. The van der Waals surface area contributed by atoms with Crippen LogP contribution in [0.1, 0.15) is 51.9 Å². The van der Waals surface area contributed by atoms with Crippen molar-refractivity contribution in [2.24, 2.45) is 0 Å². The Bertz CT molecular complexity index is 662. The van der Waals surface area contributed by atoms with Crippen LogP contribution in [-0.4, -0.2) is 24.3 Å². The molecule has 1 N–H and O–H groups in total. The monoisotopic (exact) mass is 370 g/mol. The van der Waals surface area contributed by atoms with E-state index in [1.54, 1.807) is 0 Å². The van der Waals surface area contributed by atoms with Crippen LogP contribution in [0.4, 0.5) is 0 Å². The Morgan fingerprint density at radius 3 is 1.74 bits per heavy atom. The number of carbonyl (C=O) groups is 1. The molecule has 0 radical (unpaired) electrons. The third kappa shape index (κ3) is 8.16. The number of ether oxygens (including phenoxy) is 2. The zero-order chi connectivity index (χ0) is 19.3. The summed E-state index contributed by atoms with van der Waals surface area (Å²) in [5, 5.41) is 8.59. The lowest BCUT2D eigenvalue weighted by Crippen LogP contribution is -1.98.